The highest BCUT2D eigenvalue weighted by Gasteiger charge is 2.28. The molecule has 162 valence electrons. The normalized spacial score (nSPS) is 16.5. The van der Waals surface area contributed by atoms with Crippen molar-refractivity contribution < 1.29 is 4.79 Å². The summed E-state index contributed by atoms with van der Waals surface area (Å²) in [5.74, 6) is 0.0357. The van der Waals surface area contributed by atoms with Gasteiger partial charge >= 0.3 is 0 Å². The summed E-state index contributed by atoms with van der Waals surface area (Å²) >= 11 is 6.41. The molecule has 1 N–H and O–H groups in total. The minimum atomic E-state index is 0.0357. The zero-order valence-corrected chi connectivity index (χ0v) is 18.9. The molecule has 1 fully saturated rings. The molecule has 2 aromatic carbocycles. The fourth-order valence-electron chi connectivity index (χ4n) is 4.44. The lowest BCUT2D eigenvalue weighted by atomic mass is 10.0. The molecule has 0 aliphatic carbocycles. The van der Waals surface area contributed by atoms with Gasteiger partial charge in [-0.1, -0.05) is 60.1 Å². The summed E-state index contributed by atoms with van der Waals surface area (Å²) in [7, 11) is 0. The van der Waals surface area contributed by atoms with Gasteiger partial charge in [-0.2, -0.15) is 5.10 Å². The van der Waals surface area contributed by atoms with Crippen LogP contribution in [0.4, 0.5) is 0 Å². The molecule has 1 aliphatic rings. The number of carbonyl (C=O) groups excluding carboxylic acids is 1. The molecule has 31 heavy (non-hydrogen) atoms. The summed E-state index contributed by atoms with van der Waals surface area (Å²) in [5, 5.41) is 8.57. The predicted molar refractivity (Wildman–Crippen MR) is 124 cm³/mol. The van der Waals surface area contributed by atoms with Crippen LogP contribution in [-0.4, -0.2) is 33.7 Å². The number of hydrogen-bond donors (Lipinski definition) is 1. The molecule has 1 unspecified atom stereocenters. The minimum Gasteiger partial charge on any atom is -0.351 e. The third-order valence-electron chi connectivity index (χ3n) is 6.14. The Morgan fingerprint density at radius 2 is 1.87 bits per heavy atom. The maximum absolute atomic E-state index is 12.7. The van der Waals surface area contributed by atoms with Gasteiger partial charge in [-0.3, -0.25) is 14.4 Å². The van der Waals surface area contributed by atoms with E-state index in [9.17, 15) is 4.79 Å². The predicted octanol–water partition coefficient (Wildman–Crippen LogP) is 4.65. The fourth-order valence-corrected chi connectivity index (χ4v) is 4.70. The second-order valence-electron chi connectivity index (χ2n) is 8.22. The first-order chi connectivity index (χ1) is 15.0. The Balaban J connectivity index is 1.37. The van der Waals surface area contributed by atoms with E-state index in [-0.39, 0.29) is 11.9 Å². The molecule has 1 atom stereocenters. The number of benzene rings is 2. The highest BCUT2D eigenvalue weighted by molar-refractivity contribution is 6.31. The lowest BCUT2D eigenvalue weighted by molar-refractivity contribution is -0.122. The van der Waals surface area contributed by atoms with Gasteiger partial charge in [-0.15, -0.1) is 0 Å². The van der Waals surface area contributed by atoms with E-state index in [1.165, 1.54) is 5.56 Å². The topological polar surface area (TPSA) is 50.2 Å². The van der Waals surface area contributed by atoms with Crippen LogP contribution in [0.25, 0.3) is 0 Å². The molecule has 5 nitrogen and oxygen atoms in total. The molecule has 1 saturated heterocycles. The molecular formula is C25H29ClN4O. The van der Waals surface area contributed by atoms with Crippen molar-refractivity contribution in [3.05, 3.63) is 87.7 Å². The second kappa shape index (κ2) is 9.67. The summed E-state index contributed by atoms with van der Waals surface area (Å²) < 4.78 is 2.01. The van der Waals surface area contributed by atoms with Crippen LogP contribution in [-0.2, 0) is 17.9 Å². The minimum absolute atomic E-state index is 0.0357. The third kappa shape index (κ3) is 5.00. The fraction of sp³-hybridized carbons (Fsp3) is 0.360. The van der Waals surface area contributed by atoms with E-state index < -0.39 is 0 Å². The van der Waals surface area contributed by atoms with Gasteiger partial charge in [0.1, 0.15) is 0 Å². The van der Waals surface area contributed by atoms with Crippen LogP contribution >= 0.6 is 11.6 Å². The van der Waals surface area contributed by atoms with E-state index in [1.54, 1.807) is 0 Å². The Kier molecular flexibility index (Phi) is 6.73. The number of aromatic nitrogens is 2. The van der Waals surface area contributed by atoms with Crippen molar-refractivity contribution in [3.63, 3.8) is 0 Å². The van der Waals surface area contributed by atoms with Crippen molar-refractivity contribution >= 4 is 17.5 Å². The van der Waals surface area contributed by atoms with E-state index >= 15 is 0 Å². The van der Waals surface area contributed by atoms with Gasteiger partial charge in [0.15, 0.2) is 0 Å². The highest BCUT2D eigenvalue weighted by atomic mass is 35.5. The van der Waals surface area contributed by atoms with Crippen LogP contribution in [0, 0.1) is 13.8 Å². The number of carbonyl (C=O) groups is 1. The number of rotatable bonds is 7. The molecule has 1 aromatic heterocycles. The van der Waals surface area contributed by atoms with Crippen molar-refractivity contribution in [2.45, 2.75) is 45.8 Å². The van der Waals surface area contributed by atoms with Gasteiger partial charge in [-0.25, -0.2) is 0 Å². The zero-order chi connectivity index (χ0) is 21.8. The first-order valence-electron chi connectivity index (χ1n) is 10.8. The van der Waals surface area contributed by atoms with Gasteiger partial charge in [0.05, 0.1) is 18.8 Å². The number of amides is 1. The van der Waals surface area contributed by atoms with Crippen LogP contribution in [0.15, 0.2) is 54.6 Å². The Labute approximate surface area is 189 Å². The van der Waals surface area contributed by atoms with Gasteiger partial charge in [0.2, 0.25) is 5.91 Å². The quantitative estimate of drug-likeness (QED) is 0.586. The van der Waals surface area contributed by atoms with Gasteiger partial charge in [0.25, 0.3) is 0 Å². The standard InChI is InChI=1S/C25H29ClN4O/c1-18-22(19(2)30(28-18)16-20-9-4-3-5-10-20)15-27-25(31)17-29-14-8-13-24(29)21-11-6-7-12-23(21)26/h3-7,9-12,24H,8,13-17H2,1-2H3,(H,27,31). The van der Waals surface area contributed by atoms with E-state index in [4.69, 9.17) is 11.6 Å². The lowest BCUT2D eigenvalue weighted by Gasteiger charge is -2.25. The summed E-state index contributed by atoms with van der Waals surface area (Å²) in [6.07, 6.45) is 2.11. The molecule has 1 amide bonds. The maximum Gasteiger partial charge on any atom is 0.234 e. The van der Waals surface area contributed by atoms with Gasteiger partial charge in [0, 0.05) is 28.9 Å². The number of likely N-dealkylation sites (tertiary alicyclic amines) is 1. The van der Waals surface area contributed by atoms with Crippen molar-refractivity contribution in [1.29, 1.82) is 0 Å². The van der Waals surface area contributed by atoms with Crippen LogP contribution in [0.3, 0.4) is 0 Å². The molecule has 3 aromatic rings. The smallest absolute Gasteiger partial charge is 0.234 e. The number of nitrogens with zero attached hydrogens (tertiary/aromatic N) is 3. The Morgan fingerprint density at radius 1 is 1.13 bits per heavy atom. The summed E-state index contributed by atoms with van der Waals surface area (Å²) in [5.41, 5.74) is 5.47. The van der Waals surface area contributed by atoms with Crippen LogP contribution in [0.2, 0.25) is 5.02 Å². The molecule has 6 heteroatoms. The monoisotopic (exact) mass is 436 g/mol. The van der Waals surface area contributed by atoms with E-state index in [0.717, 1.165) is 53.5 Å². The number of nitrogens with one attached hydrogen (secondary N) is 1. The summed E-state index contributed by atoms with van der Waals surface area (Å²) in [6, 6.07) is 18.4. The average molecular weight is 437 g/mol. The van der Waals surface area contributed by atoms with Crippen molar-refractivity contribution in [2.24, 2.45) is 0 Å². The number of halogens is 1. The molecule has 0 saturated carbocycles. The van der Waals surface area contributed by atoms with Crippen molar-refractivity contribution in [1.82, 2.24) is 20.0 Å². The highest BCUT2D eigenvalue weighted by Crippen LogP contribution is 2.35. The lowest BCUT2D eigenvalue weighted by Crippen LogP contribution is -2.36. The third-order valence-corrected chi connectivity index (χ3v) is 6.49. The number of hydrogen-bond acceptors (Lipinski definition) is 3. The van der Waals surface area contributed by atoms with Gasteiger partial charge < -0.3 is 5.32 Å². The first-order valence-corrected chi connectivity index (χ1v) is 11.2. The van der Waals surface area contributed by atoms with Gasteiger partial charge in [-0.05, 0) is 50.4 Å². The SMILES string of the molecule is Cc1nn(Cc2ccccc2)c(C)c1CNC(=O)CN1CCCC1c1ccccc1Cl. The van der Waals surface area contributed by atoms with Crippen molar-refractivity contribution in [2.75, 3.05) is 13.1 Å². The first kappa shape index (κ1) is 21.6. The van der Waals surface area contributed by atoms with Crippen LogP contribution < -0.4 is 5.32 Å². The molecule has 4 rings (SSSR count). The number of aryl methyl sites for hydroxylation is 1. The Morgan fingerprint density at radius 3 is 2.65 bits per heavy atom. The van der Waals surface area contributed by atoms with Crippen molar-refractivity contribution in [3.8, 4) is 0 Å². The molecule has 2 heterocycles. The van der Waals surface area contributed by atoms with Crippen LogP contribution in [0.5, 0.6) is 0 Å². The molecule has 1 aliphatic heterocycles. The van der Waals surface area contributed by atoms with E-state index in [0.29, 0.717) is 13.1 Å². The molecule has 0 radical (unpaired) electrons. The largest absolute Gasteiger partial charge is 0.351 e. The Bertz CT molecular complexity index is 1050. The summed E-state index contributed by atoms with van der Waals surface area (Å²) in [4.78, 5) is 15.0. The maximum atomic E-state index is 12.7. The van der Waals surface area contributed by atoms with E-state index in [1.807, 2.05) is 48.0 Å². The molecule has 0 spiro atoms. The Hall–Kier alpha value is -2.63. The summed E-state index contributed by atoms with van der Waals surface area (Å²) in [6.45, 7) is 6.59. The van der Waals surface area contributed by atoms with Crippen LogP contribution in [0.1, 0.15) is 47.0 Å². The van der Waals surface area contributed by atoms with E-state index in [2.05, 4.69) is 40.4 Å². The zero-order valence-electron chi connectivity index (χ0n) is 18.1. The second-order valence-corrected chi connectivity index (χ2v) is 8.63. The molecule has 0 bridgehead atoms. The average Bonchev–Trinajstić information content (AvgIpc) is 3.32. The molecular weight excluding hydrogens is 408 g/mol.